The van der Waals surface area contributed by atoms with Crippen LogP contribution in [-0.2, 0) is 14.3 Å². The topological polar surface area (TPSA) is 147 Å². The van der Waals surface area contributed by atoms with Crippen molar-refractivity contribution in [1.29, 1.82) is 5.26 Å². The molecule has 2 aliphatic heterocycles. The quantitative estimate of drug-likeness (QED) is 0.364. The fourth-order valence-electron chi connectivity index (χ4n) is 7.52. The van der Waals surface area contributed by atoms with Crippen molar-refractivity contribution >= 4 is 24.2 Å². The maximum atomic E-state index is 14.0. The number of nitrogens with one attached hydrogen (secondary N) is 2. The van der Waals surface area contributed by atoms with Gasteiger partial charge in [0, 0.05) is 24.1 Å². The highest BCUT2D eigenvalue weighted by Crippen LogP contribution is 2.44. The van der Waals surface area contributed by atoms with E-state index >= 15 is 0 Å². The van der Waals surface area contributed by atoms with Gasteiger partial charge in [-0.25, -0.2) is 4.79 Å². The largest absolute Gasteiger partial charge is 0.496 e. The van der Waals surface area contributed by atoms with Crippen molar-refractivity contribution < 1.29 is 33.4 Å². The molecule has 5 rings (SSSR count). The first-order valence-electron chi connectivity index (χ1n) is 16.5. The Morgan fingerprint density at radius 2 is 1.72 bits per heavy atom. The molecule has 1 aromatic carbocycles. The molecule has 0 spiro atoms. The number of rotatable bonds is 9. The monoisotopic (exact) mass is 636 g/mol. The van der Waals surface area contributed by atoms with Crippen molar-refractivity contribution in [3.8, 4) is 17.6 Å². The standard InChI is InChI=1S/C35H48N4O7/c1-33(2,3)46-32(43)39-24-8-9-25(39)29(28(24)31(42)37-19-34(4)12-7-13-34)38-30(41)23-17-26(21(18-36)16-27(23)44-6)45-22-10-14-35(5,20-40)15-11-22/h16-17,20,22,24-25,28-29H,7-15,19H2,1-6H3,(H,37,42)(H,38,41)/t22-,24-,25+,28+,29-,35+/m0/s1. The van der Waals surface area contributed by atoms with E-state index in [2.05, 4.69) is 23.6 Å². The molecule has 4 atom stereocenters. The highest BCUT2D eigenvalue weighted by Gasteiger charge is 2.59. The summed E-state index contributed by atoms with van der Waals surface area (Å²) in [6.07, 6.45) is 7.44. The van der Waals surface area contributed by atoms with E-state index in [1.165, 1.54) is 19.2 Å². The fraction of sp³-hybridized carbons (Fsp3) is 0.686. The molecule has 0 aromatic heterocycles. The summed E-state index contributed by atoms with van der Waals surface area (Å²) in [4.78, 5) is 54.4. The highest BCUT2D eigenvalue weighted by atomic mass is 16.6. The second-order valence-corrected chi connectivity index (χ2v) is 15.3. The van der Waals surface area contributed by atoms with Crippen molar-refractivity contribution in [2.45, 2.75) is 122 Å². The Balaban J connectivity index is 1.40. The third-order valence-electron chi connectivity index (χ3n) is 10.5. The third-order valence-corrected chi connectivity index (χ3v) is 10.5. The summed E-state index contributed by atoms with van der Waals surface area (Å²) in [7, 11) is 1.42. The number of aldehydes is 1. The minimum Gasteiger partial charge on any atom is -0.496 e. The second kappa shape index (κ2) is 12.8. The zero-order valence-electron chi connectivity index (χ0n) is 27.9. The van der Waals surface area contributed by atoms with Crippen molar-refractivity contribution in [3.05, 3.63) is 23.3 Å². The summed E-state index contributed by atoms with van der Waals surface area (Å²) >= 11 is 0. The van der Waals surface area contributed by atoms with Gasteiger partial charge in [-0.2, -0.15) is 5.26 Å². The molecule has 11 heteroatoms. The summed E-state index contributed by atoms with van der Waals surface area (Å²) < 4.78 is 17.5. The van der Waals surface area contributed by atoms with E-state index in [4.69, 9.17) is 14.2 Å². The number of methoxy groups -OCH3 is 1. The summed E-state index contributed by atoms with van der Waals surface area (Å²) in [5.41, 5.74) is -0.638. The maximum absolute atomic E-state index is 14.0. The molecule has 1 aromatic rings. The molecule has 3 amide bonds. The number of hydrogen-bond acceptors (Lipinski definition) is 8. The molecule has 2 heterocycles. The summed E-state index contributed by atoms with van der Waals surface area (Å²) in [5, 5.41) is 16.1. The van der Waals surface area contributed by atoms with Gasteiger partial charge in [0.2, 0.25) is 5.91 Å². The maximum Gasteiger partial charge on any atom is 0.410 e. The number of nitriles is 1. The molecule has 0 unspecified atom stereocenters. The van der Waals surface area contributed by atoms with Gasteiger partial charge in [-0.3, -0.25) is 14.5 Å². The molecule has 2 aliphatic carbocycles. The number of amides is 3. The van der Waals surface area contributed by atoms with Crippen LogP contribution in [0.1, 0.15) is 108 Å². The first kappa shape index (κ1) is 33.6. The van der Waals surface area contributed by atoms with Crippen LogP contribution in [0, 0.1) is 28.1 Å². The second-order valence-electron chi connectivity index (χ2n) is 15.3. The molecule has 2 saturated carbocycles. The van der Waals surface area contributed by atoms with Gasteiger partial charge in [-0.1, -0.05) is 20.3 Å². The van der Waals surface area contributed by atoms with E-state index in [-0.39, 0.29) is 45.5 Å². The Hall–Kier alpha value is -3.81. The van der Waals surface area contributed by atoms with Crippen molar-refractivity contribution in [2.75, 3.05) is 13.7 Å². The van der Waals surface area contributed by atoms with Crippen LogP contribution in [0.5, 0.6) is 11.5 Å². The van der Waals surface area contributed by atoms with Gasteiger partial charge in [0.25, 0.3) is 5.91 Å². The van der Waals surface area contributed by atoms with E-state index in [9.17, 15) is 24.4 Å². The first-order valence-corrected chi connectivity index (χ1v) is 16.5. The Morgan fingerprint density at radius 1 is 1.04 bits per heavy atom. The summed E-state index contributed by atoms with van der Waals surface area (Å²) in [6.45, 7) is 10.1. The van der Waals surface area contributed by atoms with E-state index in [0.29, 0.717) is 45.1 Å². The van der Waals surface area contributed by atoms with Crippen LogP contribution >= 0.6 is 0 Å². The number of nitrogens with zero attached hydrogens (tertiary/aromatic N) is 2. The Bertz CT molecular complexity index is 1400. The van der Waals surface area contributed by atoms with Crippen LogP contribution in [0.15, 0.2) is 12.1 Å². The number of ether oxygens (including phenoxy) is 3. The summed E-state index contributed by atoms with van der Waals surface area (Å²) in [5.74, 6) is -0.874. The lowest BCUT2D eigenvalue weighted by molar-refractivity contribution is -0.127. The minimum absolute atomic E-state index is 0.0628. The van der Waals surface area contributed by atoms with Gasteiger partial charge in [0.1, 0.15) is 29.5 Å². The van der Waals surface area contributed by atoms with Gasteiger partial charge >= 0.3 is 6.09 Å². The zero-order valence-corrected chi connectivity index (χ0v) is 27.9. The molecule has 2 N–H and O–H groups in total. The lowest BCUT2D eigenvalue weighted by Gasteiger charge is -2.39. The van der Waals surface area contributed by atoms with E-state index in [1.807, 2.05) is 6.92 Å². The predicted molar refractivity (Wildman–Crippen MR) is 169 cm³/mol. The smallest absolute Gasteiger partial charge is 0.410 e. The highest BCUT2D eigenvalue weighted by molar-refractivity contribution is 5.98. The molecule has 0 radical (unpaired) electrons. The van der Waals surface area contributed by atoms with Crippen LogP contribution in [0.2, 0.25) is 0 Å². The molecule has 250 valence electrons. The van der Waals surface area contributed by atoms with Gasteiger partial charge < -0.3 is 29.6 Å². The van der Waals surface area contributed by atoms with Crippen molar-refractivity contribution in [1.82, 2.24) is 15.5 Å². The number of benzene rings is 1. The number of fused-ring (bicyclic) bond motifs is 2. The van der Waals surface area contributed by atoms with E-state index < -0.39 is 41.6 Å². The molecule has 4 aliphatic rings. The fourth-order valence-corrected chi connectivity index (χ4v) is 7.52. The van der Waals surface area contributed by atoms with Crippen LogP contribution in [0.4, 0.5) is 4.79 Å². The molecule has 2 bridgehead atoms. The lowest BCUT2D eigenvalue weighted by Crippen LogP contribution is -2.53. The lowest BCUT2D eigenvalue weighted by atomic mass is 9.70. The molecule has 4 fully saturated rings. The molecule has 46 heavy (non-hydrogen) atoms. The number of carbonyl (C=O) groups is 4. The van der Waals surface area contributed by atoms with Crippen LogP contribution in [-0.4, -0.2) is 72.6 Å². The van der Waals surface area contributed by atoms with Crippen LogP contribution in [0.3, 0.4) is 0 Å². The number of hydrogen-bond donors (Lipinski definition) is 2. The summed E-state index contributed by atoms with van der Waals surface area (Å²) in [6, 6.07) is 3.65. The Kier molecular flexibility index (Phi) is 9.31. The Labute approximate surface area is 271 Å². The van der Waals surface area contributed by atoms with E-state index in [1.54, 1.807) is 25.7 Å². The molecular weight excluding hydrogens is 588 g/mol. The number of carbonyl (C=O) groups excluding carboxylic acids is 4. The molecule has 11 nitrogen and oxygen atoms in total. The average Bonchev–Trinajstić information content (AvgIpc) is 3.56. The van der Waals surface area contributed by atoms with Gasteiger partial charge in [-0.05, 0) is 83.6 Å². The van der Waals surface area contributed by atoms with E-state index in [0.717, 1.165) is 25.5 Å². The SMILES string of the molecule is COc1cc(C#N)c(O[C@H]2CC[C@@](C)(C=O)CC2)cc1C(=O)N[C@@H]1[C@H](C(=O)NCC2(C)CCC2)[C@@H]2CC[C@H]1N2C(=O)OC(C)(C)C. The predicted octanol–water partition coefficient (Wildman–Crippen LogP) is 4.90. The van der Waals surface area contributed by atoms with Crippen LogP contribution in [0.25, 0.3) is 0 Å². The Morgan fingerprint density at radius 3 is 2.28 bits per heavy atom. The first-order chi connectivity index (χ1) is 21.7. The van der Waals surface area contributed by atoms with Gasteiger partial charge in [-0.15, -0.1) is 0 Å². The minimum atomic E-state index is -0.717. The van der Waals surface area contributed by atoms with Crippen molar-refractivity contribution in [2.24, 2.45) is 16.7 Å². The van der Waals surface area contributed by atoms with Gasteiger partial charge in [0.15, 0.2) is 0 Å². The molecular formula is C35H48N4O7. The molecule has 2 saturated heterocycles. The third kappa shape index (κ3) is 6.81. The zero-order chi connectivity index (χ0) is 33.4. The van der Waals surface area contributed by atoms with Crippen LogP contribution < -0.4 is 20.1 Å². The van der Waals surface area contributed by atoms with Crippen molar-refractivity contribution in [3.63, 3.8) is 0 Å². The van der Waals surface area contributed by atoms with Gasteiger partial charge in [0.05, 0.1) is 42.3 Å². The normalized spacial score (nSPS) is 29.6. The average molecular weight is 637 g/mol.